The van der Waals surface area contributed by atoms with Crippen molar-refractivity contribution in [3.63, 3.8) is 0 Å². The first-order valence-corrected chi connectivity index (χ1v) is 6.97. The van der Waals surface area contributed by atoms with Crippen molar-refractivity contribution < 1.29 is 0 Å². The Morgan fingerprint density at radius 3 is 2.67 bits per heavy atom. The Bertz CT molecular complexity index is 333. The molecule has 1 saturated carbocycles. The van der Waals surface area contributed by atoms with Gasteiger partial charge in [0.15, 0.2) is 0 Å². The van der Waals surface area contributed by atoms with E-state index in [1.807, 2.05) is 6.07 Å². The first-order valence-electron chi connectivity index (χ1n) is 5.40. The molecule has 2 rings (SSSR count). The zero-order valence-electron chi connectivity index (χ0n) is 8.72. The molecule has 0 aliphatic heterocycles. The number of hydrogen-bond donors (Lipinski definition) is 1. The van der Waals surface area contributed by atoms with Crippen molar-refractivity contribution in [3.05, 3.63) is 20.3 Å². The molecule has 0 radical (unpaired) electrons. The Balaban J connectivity index is 2.19. The van der Waals surface area contributed by atoms with Crippen LogP contribution in [-0.4, -0.2) is 6.54 Å². The zero-order valence-corrected chi connectivity index (χ0v) is 11.1. The highest BCUT2D eigenvalue weighted by Gasteiger charge is 2.30. The normalized spacial score (nSPS) is 18.9. The molecule has 0 spiro atoms. The Kier molecular flexibility index (Phi) is 3.94. The molecule has 15 heavy (non-hydrogen) atoms. The molecule has 1 aromatic heterocycles. The highest BCUT2D eigenvalue weighted by molar-refractivity contribution is 7.20. The van der Waals surface area contributed by atoms with E-state index < -0.39 is 0 Å². The maximum atomic E-state index is 6.19. The molecule has 1 unspecified atom stereocenters. The van der Waals surface area contributed by atoms with E-state index in [0.717, 1.165) is 21.1 Å². The van der Waals surface area contributed by atoms with Gasteiger partial charge < -0.3 is 5.32 Å². The summed E-state index contributed by atoms with van der Waals surface area (Å²) in [5.74, 6) is 0.744. The van der Waals surface area contributed by atoms with Gasteiger partial charge in [-0.3, -0.25) is 0 Å². The van der Waals surface area contributed by atoms with Gasteiger partial charge in [0.2, 0.25) is 0 Å². The molecule has 1 fully saturated rings. The smallest absolute Gasteiger partial charge is 0.0992 e. The van der Waals surface area contributed by atoms with E-state index in [1.54, 1.807) is 0 Å². The molecule has 0 aromatic carbocycles. The van der Waals surface area contributed by atoms with Crippen LogP contribution in [0.5, 0.6) is 0 Å². The van der Waals surface area contributed by atoms with E-state index in [1.165, 1.54) is 36.2 Å². The Hall–Kier alpha value is 0.240. The average molecular weight is 264 g/mol. The van der Waals surface area contributed by atoms with Crippen LogP contribution in [0.25, 0.3) is 0 Å². The predicted octanol–water partition coefficient (Wildman–Crippen LogP) is 4.51. The minimum absolute atomic E-state index is 0.403. The minimum Gasteiger partial charge on any atom is -0.310 e. The standard InChI is InChI=1S/C11H15Cl2NS/c1-2-14-10(7-4-3-5-7)8-6-9(12)15-11(8)13/h6-7,10,14H,2-5H2,1H3. The molecular formula is C11H15Cl2NS. The fourth-order valence-corrected chi connectivity index (χ4v) is 3.64. The van der Waals surface area contributed by atoms with Gasteiger partial charge in [-0.05, 0) is 31.4 Å². The molecule has 0 bridgehead atoms. The van der Waals surface area contributed by atoms with Gasteiger partial charge in [-0.15, -0.1) is 11.3 Å². The van der Waals surface area contributed by atoms with Crippen LogP contribution in [0.2, 0.25) is 8.67 Å². The van der Waals surface area contributed by atoms with Gasteiger partial charge in [-0.25, -0.2) is 0 Å². The highest BCUT2D eigenvalue weighted by atomic mass is 35.5. The van der Waals surface area contributed by atoms with Crippen LogP contribution >= 0.6 is 34.5 Å². The SMILES string of the molecule is CCNC(c1cc(Cl)sc1Cl)C1CCC1. The second kappa shape index (κ2) is 5.05. The van der Waals surface area contributed by atoms with Crippen LogP contribution in [0.1, 0.15) is 37.8 Å². The van der Waals surface area contributed by atoms with E-state index >= 15 is 0 Å². The lowest BCUT2D eigenvalue weighted by Gasteiger charge is -2.34. The highest BCUT2D eigenvalue weighted by Crippen LogP contribution is 2.43. The third-order valence-electron chi connectivity index (χ3n) is 3.06. The molecule has 0 saturated heterocycles. The van der Waals surface area contributed by atoms with E-state index in [2.05, 4.69) is 12.2 Å². The molecule has 1 aliphatic carbocycles. The zero-order chi connectivity index (χ0) is 10.8. The van der Waals surface area contributed by atoms with E-state index in [9.17, 15) is 0 Å². The van der Waals surface area contributed by atoms with Crippen LogP contribution in [0.4, 0.5) is 0 Å². The van der Waals surface area contributed by atoms with Gasteiger partial charge in [-0.1, -0.05) is 36.5 Å². The van der Waals surface area contributed by atoms with Gasteiger partial charge in [0.05, 0.1) is 8.67 Å². The average Bonchev–Trinajstić information content (AvgIpc) is 2.41. The van der Waals surface area contributed by atoms with Gasteiger partial charge >= 0.3 is 0 Å². The predicted molar refractivity (Wildman–Crippen MR) is 68.1 cm³/mol. The van der Waals surface area contributed by atoms with Crippen LogP contribution in [-0.2, 0) is 0 Å². The summed E-state index contributed by atoms with van der Waals surface area (Å²) in [6.45, 7) is 3.11. The summed E-state index contributed by atoms with van der Waals surface area (Å²) in [6.07, 6.45) is 3.96. The van der Waals surface area contributed by atoms with Crippen LogP contribution in [0.15, 0.2) is 6.07 Å². The van der Waals surface area contributed by atoms with E-state index in [-0.39, 0.29) is 0 Å². The minimum atomic E-state index is 0.403. The van der Waals surface area contributed by atoms with Crippen molar-refractivity contribution >= 4 is 34.5 Å². The van der Waals surface area contributed by atoms with Crippen LogP contribution < -0.4 is 5.32 Å². The lowest BCUT2D eigenvalue weighted by Crippen LogP contribution is -2.31. The maximum Gasteiger partial charge on any atom is 0.0992 e. The Labute approximate surface area is 105 Å². The van der Waals surface area contributed by atoms with Crippen LogP contribution in [0, 0.1) is 5.92 Å². The summed E-state index contributed by atoms with van der Waals surface area (Å²) in [5, 5.41) is 3.52. The quantitative estimate of drug-likeness (QED) is 0.843. The number of halogens is 2. The molecule has 4 heteroatoms. The van der Waals surface area contributed by atoms with Crippen molar-refractivity contribution in [1.82, 2.24) is 5.32 Å². The van der Waals surface area contributed by atoms with Crippen molar-refractivity contribution in [2.45, 2.75) is 32.2 Å². The number of rotatable bonds is 4. The second-order valence-electron chi connectivity index (χ2n) is 4.01. The van der Waals surface area contributed by atoms with E-state index in [4.69, 9.17) is 23.2 Å². The third-order valence-corrected chi connectivity index (χ3v) is 4.58. The second-order valence-corrected chi connectivity index (χ2v) is 6.29. The maximum absolute atomic E-state index is 6.19. The summed E-state index contributed by atoms with van der Waals surface area (Å²) in [4.78, 5) is 0. The molecule has 84 valence electrons. The van der Waals surface area contributed by atoms with Crippen molar-refractivity contribution in [2.75, 3.05) is 6.54 Å². The van der Waals surface area contributed by atoms with Crippen LogP contribution in [0.3, 0.4) is 0 Å². The molecule has 1 atom stereocenters. The third kappa shape index (κ3) is 2.50. The monoisotopic (exact) mass is 263 g/mol. The van der Waals surface area contributed by atoms with Crippen molar-refractivity contribution in [1.29, 1.82) is 0 Å². The van der Waals surface area contributed by atoms with Gasteiger partial charge in [-0.2, -0.15) is 0 Å². The molecule has 0 amide bonds. The summed E-state index contributed by atoms with van der Waals surface area (Å²) in [6, 6.07) is 2.42. The summed E-state index contributed by atoms with van der Waals surface area (Å²) in [7, 11) is 0. The molecular weight excluding hydrogens is 249 g/mol. The summed E-state index contributed by atoms with van der Waals surface area (Å²) >= 11 is 13.6. The van der Waals surface area contributed by atoms with Gasteiger partial charge in [0.25, 0.3) is 0 Å². The first-order chi connectivity index (χ1) is 7.22. The summed E-state index contributed by atoms with van der Waals surface area (Å²) < 4.78 is 1.63. The fraction of sp³-hybridized carbons (Fsp3) is 0.636. The van der Waals surface area contributed by atoms with Crippen molar-refractivity contribution in [2.24, 2.45) is 5.92 Å². The van der Waals surface area contributed by atoms with Gasteiger partial charge in [0, 0.05) is 11.6 Å². The Morgan fingerprint density at radius 2 is 2.27 bits per heavy atom. The van der Waals surface area contributed by atoms with E-state index in [0.29, 0.717) is 6.04 Å². The molecule has 1 heterocycles. The largest absolute Gasteiger partial charge is 0.310 e. The Morgan fingerprint density at radius 1 is 1.53 bits per heavy atom. The topological polar surface area (TPSA) is 12.0 Å². The van der Waals surface area contributed by atoms with Crippen molar-refractivity contribution in [3.8, 4) is 0 Å². The molecule has 1 N–H and O–H groups in total. The molecule has 1 aliphatic rings. The lowest BCUT2D eigenvalue weighted by atomic mass is 9.77. The number of thiophene rings is 1. The lowest BCUT2D eigenvalue weighted by molar-refractivity contribution is 0.233. The molecule has 1 nitrogen and oxygen atoms in total. The molecule has 1 aromatic rings. The number of nitrogens with one attached hydrogen (secondary N) is 1. The fourth-order valence-electron chi connectivity index (χ4n) is 2.09. The first kappa shape index (κ1) is 11.7. The summed E-state index contributed by atoms with van der Waals surface area (Å²) in [5.41, 5.74) is 1.19. The number of hydrogen-bond acceptors (Lipinski definition) is 2. The van der Waals surface area contributed by atoms with Gasteiger partial charge in [0.1, 0.15) is 0 Å².